The van der Waals surface area contributed by atoms with Gasteiger partial charge in [-0.1, -0.05) is 54.6 Å². The topological polar surface area (TPSA) is 106 Å². The molecule has 42 heavy (non-hydrogen) atoms. The fourth-order valence-electron chi connectivity index (χ4n) is 4.82. The van der Waals surface area contributed by atoms with Gasteiger partial charge in [0.25, 0.3) is 0 Å². The number of hydrogen-bond donors (Lipinski definition) is 2. The third-order valence-electron chi connectivity index (χ3n) is 6.60. The van der Waals surface area contributed by atoms with Crippen LogP contribution in [0.4, 0.5) is 11.4 Å². The highest BCUT2D eigenvalue weighted by atomic mass is 16.5. The van der Waals surface area contributed by atoms with Crippen molar-refractivity contribution in [1.82, 2.24) is 0 Å². The van der Waals surface area contributed by atoms with Gasteiger partial charge in [-0.25, -0.2) is 0 Å². The van der Waals surface area contributed by atoms with Crippen LogP contribution in [0, 0.1) is 0 Å². The van der Waals surface area contributed by atoms with Crippen LogP contribution in [-0.2, 0) is 9.47 Å². The molecule has 7 nitrogen and oxygen atoms in total. The Morgan fingerprint density at radius 1 is 0.595 bits per heavy atom. The van der Waals surface area contributed by atoms with Crippen molar-refractivity contribution < 1.29 is 23.7 Å². The molecule has 0 bridgehead atoms. The molecule has 0 spiro atoms. The lowest BCUT2D eigenvalue weighted by Gasteiger charge is -2.19. The molecule has 4 aromatic carbocycles. The number of anilines is 2. The smallest absolute Gasteiger partial charge is 0.195 e. The molecular weight excluding hydrogens is 528 g/mol. The van der Waals surface area contributed by atoms with Gasteiger partial charge in [0.2, 0.25) is 0 Å². The van der Waals surface area contributed by atoms with Crippen LogP contribution in [-0.4, -0.2) is 32.2 Å². The van der Waals surface area contributed by atoms with Gasteiger partial charge in [-0.2, -0.15) is 0 Å². The number of carbonyl (C=O) groups is 1. The van der Waals surface area contributed by atoms with Gasteiger partial charge in [0.15, 0.2) is 5.78 Å². The van der Waals surface area contributed by atoms with E-state index in [0.29, 0.717) is 76.6 Å². The summed E-state index contributed by atoms with van der Waals surface area (Å²) >= 11 is 0. The van der Waals surface area contributed by atoms with Gasteiger partial charge in [0.05, 0.1) is 54.1 Å². The minimum absolute atomic E-state index is 0.155. The maximum absolute atomic E-state index is 13.8. The molecular formula is C35H38N2O5. The number of carbonyl (C=O) groups excluding carboxylic acids is 1. The fraction of sp³-hybridized carbons (Fsp3) is 0.229. The first-order valence-corrected chi connectivity index (χ1v) is 14.2. The van der Waals surface area contributed by atoms with Crippen molar-refractivity contribution in [1.29, 1.82) is 0 Å². The summed E-state index contributed by atoms with van der Waals surface area (Å²) in [4.78, 5) is 13.8. The van der Waals surface area contributed by atoms with Crippen molar-refractivity contribution >= 4 is 28.7 Å². The van der Waals surface area contributed by atoms with Crippen LogP contribution in [0.15, 0.2) is 84.9 Å². The molecule has 0 atom stereocenters. The summed E-state index contributed by atoms with van der Waals surface area (Å²) in [6.07, 6.45) is 0. The van der Waals surface area contributed by atoms with Crippen LogP contribution < -0.4 is 31.4 Å². The maximum Gasteiger partial charge on any atom is 0.195 e. The van der Waals surface area contributed by atoms with Crippen molar-refractivity contribution in [2.75, 3.05) is 37.9 Å². The van der Waals surface area contributed by atoms with E-state index in [1.54, 1.807) is 18.2 Å². The van der Waals surface area contributed by atoms with Crippen LogP contribution in [0.5, 0.6) is 11.5 Å². The van der Waals surface area contributed by atoms with Crippen LogP contribution in [0.25, 0.3) is 11.5 Å². The second-order valence-electron chi connectivity index (χ2n) is 9.25. The zero-order valence-corrected chi connectivity index (χ0v) is 24.6. The molecule has 0 aliphatic rings. The van der Waals surface area contributed by atoms with Crippen molar-refractivity contribution in [2.24, 2.45) is 0 Å². The summed E-state index contributed by atoms with van der Waals surface area (Å²) in [5.41, 5.74) is 16.1. The highest BCUT2D eigenvalue weighted by molar-refractivity contribution is 6.13. The van der Waals surface area contributed by atoms with E-state index in [2.05, 4.69) is 0 Å². The predicted octanol–water partition coefficient (Wildman–Crippen LogP) is 5.27. The number of ether oxygens (including phenoxy) is 4. The van der Waals surface area contributed by atoms with Gasteiger partial charge < -0.3 is 30.4 Å². The molecule has 0 saturated heterocycles. The summed E-state index contributed by atoms with van der Waals surface area (Å²) < 4.78 is 24.6. The van der Waals surface area contributed by atoms with E-state index in [0.717, 1.165) is 0 Å². The van der Waals surface area contributed by atoms with Crippen molar-refractivity contribution in [3.8, 4) is 11.5 Å². The molecule has 218 valence electrons. The Morgan fingerprint density at radius 3 is 1.64 bits per heavy atom. The van der Waals surface area contributed by atoms with Crippen molar-refractivity contribution in [3.63, 3.8) is 0 Å². The van der Waals surface area contributed by atoms with E-state index in [1.807, 2.05) is 94.4 Å². The molecule has 4 aromatic rings. The lowest BCUT2D eigenvalue weighted by Crippen LogP contribution is -2.36. The van der Waals surface area contributed by atoms with E-state index >= 15 is 0 Å². The van der Waals surface area contributed by atoms with Crippen LogP contribution in [0.2, 0.25) is 0 Å². The monoisotopic (exact) mass is 566 g/mol. The Kier molecular flexibility index (Phi) is 10.1. The Bertz CT molecular complexity index is 1670. The molecule has 0 fully saturated rings. The first kappa shape index (κ1) is 30.1. The number of para-hydroxylation sites is 2. The molecule has 0 aliphatic carbocycles. The van der Waals surface area contributed by atoms with E-state index in [9.17, 15) is 4.79 Å². The Hall–Kier alpha value is -4.91. The van der Waals surface area contributed by atoms with Gasteiger partial charge in [-0.3, -0.25) is 4.79 Å². The lowest BCUT2D eigenvalue weighted by molar-refractivity contribution is 0.103. The SMILES string of the molecule is CCOC(c1ccccc1OCC)=c1cc(C(=O)c2ccccc2)c(N)c(N)c1=C(OCC)c1ccccc1OCC. The third kappa shape index (κ3) is 6.20. The van der Waals surface area contributed by atoms with Gasteiger partial charge in [0, 0.05) is 16.3 Å². The van der Waals surface area contributed by atoms with E-state index < -0.39 is 0 Å². The second-order valence-corrected chi connectivity index (χ2v) is 9.25. The van der Waals surface area contributed by atoms with E-state index in [-0.39, 0.29) is 22.7 Å². The van der Waals surface area contributed by atoms with Crippen LogP contribution >= 0.6 is 0 Å². The lowest BCUT2D eigenvalue weighted by atomic mass is 9.96. The molecule has 0 saturated carbocycles. The average Bonchev–Trinajstić information content (AvgIpc) is 3.01. The second kappa shape index (κ2) is 14.1. The number of hydrogen-bond acceptors (Lipinski definition) is 7. The summed E-state index contributed by atoms with van der Waals surface area (Å²) in [7, 11) is 0. The standard InChI is InChI=1S/C35H38N2O5/c1-5-39-28-20-14-12-18-24(28)34(41-7-3)26-22-27(33(38)23-16-10-9-11-17-23)31(36)32(37)30(26)35(42-8-4)25-19-13-15-21-29(25)40-6-2/h9-22H,5-8,36-37H2,1-4H3. The van der Waals surface area contributed by atoms with E-state index in [1.165, 1.54) is 0 Å². The zero-order valence-electron chi connectivity index (χ0n) is 24.6. The molecule has 0 heterocycles. The molecule has 0 aliphatic heterocycles. The van der Waals surface area contributed by atoms with Gasteiger partial charge in [0.1, 0.15) is 23.0 Å². The zero-order chi connectivity index (χ0) is 30.1. The average molecular weight is 567 g/mol. The first-order valence-electron chi connectivity index (χ1n) is 14.2. The van der Waals surface area contributed by atoms with Crippen molar-refractivity contribution in [3.05, 3.63) is 118 Å². The third-order valence-corrected chi connectivity index (χ3v) is 6.60. The molecule has 4 rings (SSSR count). The van der Waals surface area contributed by atoms with Gasteiger partial charge in [-0.15, -0.1) is 0 Å². The van der Waals surface area contributed by atoms with Crippen molar-refractivity contribution in [2.45, 2.75) is 27.7 Å². The highest BCUT2D eigenvalue weighted by Crippen LogP contribution is 2.29. The van der Waals surface area contributed by atoms with Crippen LogP contribution in [0.3, 0.4) is 0 Å². The molecule has 0 unspecified atom stereocenters. The summed E-state index contributed by atoms with van der Waals surface area (Å²) in [5.74, 6) is 1.95. The van der Waals surface area contributed by atoms with E-state index in [4.69, 9.17) is 30.4 Å². The minimum atomic E-state index is -0.255. The maximum atomic E-state index is 13.8. The van der Waals surface area contributed by atoms with Crippen LogP contribution in [0.1, 0.15) is 54.7 Å². The quantitative estimate of drug-likeness (QED) is 0.178. The minimum Gasteiger partial charge on any atom is -0.493 e. The molecule has 0 amide bonds. The molecule has 7 heteroatoms. The summed E-state index contributed by atoms with van der Waals surface area (Å²) in [5, 5.41) is 1.05. The largest absolute Gasteiger partial charge is 0.493 e. The molecule has 0 aromatic heterocycles. The normalized spacial score (nSPS) is 12.3. The Morgan fingerprint density at radius 2 is 1.10 bits per heavy atom. The van der Waals surface area contributed by atoms with Gasteiger partial charge >= 0.3 is 0 Å². The fourth-order valence-corrected chi connectivity index (χ4v) is 4.82. The Labute approximate surface area is 247 Å². The first-order chi connectivity index (χ1) is 20.5. The Balaban J connectivity index is 2.27. The number of benzene rings is 4. The summed E-state index contributed by atoms with van der Waals surface area (Å²) in [6.45, 7) is 9.26. The molecule has 4 N–H and O–H groups in total. The van der Waals surface area contributed by atoms with Gasteiger partial charge in [-0.05, 0) is 58.0 Å². The predicted molar refractivity (Wildman–Crippen MR) is 168 cm³/mol. The number of ketones is 1. The highest BCUT2D eigenvalue weighted by Gasteiger charge is 2.22. The number of nitrogens with two attached hydrogens (primary N) is 2. The number of nitrogen functional groups attached to an aromatic ring is 2. The molecule has 0 radical (unpaired) electrons. The summed E-state index contributed by atoms with van der Waals surface area (Å²) in [6, 6.07) is 25.9. The number of rotatable bonds is 12.